The van der Waals surface area contributed by atoms with Crippen molar-refractivity contribution in [3.05, 3.63) is 78.6 Å². The molecule has 0 aliphatic rings. The first kappa shape index (κ1) is 17.0. The second-order valence-electron chi connectivity index (χ2n) is 5.86. The highest BCUT2D eigenvalue weighted by Crippen LogP contribution is 2.32. The van der Waals surface area contributed by atoms with Gasteiger partial charge in [-0.15, -0.1) is 0 Å². The smallest absolute Gasteiger partial charge is 0.340 e. The van der Waals surface area contributed by atoms with E-state index in [2.05, 4.69) is 20.3 Å². The van der Waals surface area contributed by atoms with Crippen LogP contribution in [0.5, 0.6) is 0 Å². The van der Waals surface area contributed by atoms with Crippen molar-refractivity contribution in [3.8, 4) is 11.4 Å². The van der Waals surface area contributed by atoms with Crippen molar-refractivity contribution in [2.45, 2.75) is 6.18 Å². The zero-order chi connectivity index (χ0) is 18.9. The van der Waals surface area contributed by atoms with Gasteiger partial charge in [-0.1, -0.05) is 18.2 Å². The van der Waals surface area contributed by atoms with Gasteiger partial charge in [0.25, 0.3) is 0 Å². The van der Waals surface area contributed by atoms with Gasteiger partial charge in [-0.2, -0.15) is 13.2 Å². The van der Waals surface area contributed by atoms with Crippen LogP contribution in [0.1, 0.15) is 5.56 Å². The topological polar surface area (TPSA) is 50.7 Å². The number of nitrogens with zero attached hydrogens (tertiary/aromatic N) is 3. The van der Waals surface area contributed by atoms with Crippen LogP contribution in [0.3, 0.4) is 0 Å². The number of rotatable bonds is 3. The molecular weight excluding hydrogens is 353 g/mol. The van der Waals surface area contributed by atoms with E-state index in [4.69, 9.17) is 0 Å². The molecular formula is C20H13F3N4. The molecule has 0 unspecified atom stereocenters. The standard InChI is InChI=1S/C20H13F3N4/c21-20(22,23)14-6-3-7-15(11-14)25-19-16-8-1-2-9-17(16)26-18(27-19)13-5-4-10-24-12-13/h1-12H,(H,25,26,27). The number of hydrogen-bond donors (Lipinski definition) is 1. The van der Waals surface area contributed by atoms with Gasteiger partial charge in [0.2, 0.25) is 0 Å². The summed E-state index contributed by atoms with van der Waals surface area (Å²) in [7, 11) is 0. The maximum Gasteiger partial charge on any atom is 0.416 e. The lowest BCUT2D eigenvalue weighted by Crippen LogP contribution is -2.06. The van der Waals surface area contributed by atoms with Gasteiger partial charge in [0.1, 0.15) is 5.82 Å². The molecule has 1 N–H and O–H groups in total. The van der Waals surface area contributed by atoms with E-state index in [1.807, 2.05) is 30.3 Å². The summed E-state index contributed by atoms with van der Waals surface area (Å²) in [6.45, 7) is 0. The third-order valence-electron chi connectivity index (χ3n) is 3.98. The largest absolute Gasteiger partial charge is 0.416 e. The van der Waals surface area contributed by atoms with Crippen LogP contribution in [-0.4, -0.2) is 15.0 Å². The first-order valence-electron chi connectivity index (χ1n) is 8.12. The van der Waals surface area contributed by atoms with Crippen LogP contribution < -0.4 is 5.32 Å². The minimum atomic E-state index is -4.41. The van der Waals surface area contributed by atoms with E-state index in [9.17, 15) is 13.2 Å². The quantitative estimate of drug-likeness (QED) is 0.523. The molecule has 4 nitrogen and oxygen atoms in total. The summed E-state index contributed by atoms with van der Waals surface area (Å²) in [4.78, 5) is 13.1. The normalized spacial score (nSPS) is 11.5. The Balaban J connectivity index is 1.81. The van der Waals surface area contributed by atoms with Crippen LogP contribution in [-0.2, 0) is 6.18 Å². The third kappa shape index (κ3) is 3.57. The Hall–Kier alpha value is -3.48. The number of nitrogens with one attached hydrogen (secondary N) is 1. The van der Waals surface area contributed by atoms with E-state index in [0.29, 0.717) is 28.2 Å². The highest BCUT2D eigenvalue weighted by atomic mass is 19.4. The Morgan fingerprint density at radius 1 is 0.852 bits per heavy atom. The van der Waals surface area contributed by atoms with Gasteiger partial charge < -0.3 is 5.32 Å². The van der Waals surface area contributed by atoms with Gasteiger partial charge >= 0.3 is 6.18 Å². The number of aromatic nitrogens is 3. The van der Waals surface area contributed by atoms with Crippen molar-refractivity contribution >= 4 is 22.4 Å². The first-order valence-corrected chi connectivity index (χ1v) is 8.12. The lowest BCUT2D eigenvalue weighted by Gasteiger charge is -2.13. The predicted molar refractivity (Wildman–Crippen MR) is 97.5 cm³/mol. The SMILES string of the molecule is FC(F)(F)c1cccc(Nc2nc(-c3cccnc3)nc3ccccc23)c1. The highest BCUT2D eigenvalue weighted by Gasteiger charge is 2.30. The van der Waals surface area contributed by atoms with Crippen molar-refractivity contribution in [3.63, 3.8) is 0 Å². The maximum atomic E-state index is 13.0. The number of hydrogen-bond acceptors (Lipinski definition) is 4. The number of benzene rings is 2. The van der Waals surface area contributed by atoms with Crippen LogP contribution in [0, 0.1) is 0 Å². The number of para-hydroxylation sites is 1. The average molecular weight is 366 g/mol. The molecule has 0 radical (unpaired) electrons. The monoisotopic (exact) mass is 366 g/mol. The molecule has 0 aliphatic carbocycles. The van der Waals surface area contributed by atoms with Crippen LogP contribution in [0.4, 0.5) is 24.7 Å². The lowest BCUT2D eigenvalue weighted by molar-refractivity contribution is -0.137. The van der Waals surface area contributed by atoms with Crippen molar-refractivity contribution < 1.29 is 13.2 Å². The van der Waals surface area contributed by atoms with Crippen molar-refractivity contribution in [1.82, 2.24) is 15.0 Å². The number of halogens is 3. The Labute approximate surface area is 152 Å². The Kier molecular flexibility index (Phi) is 4.19. The zero-order valence-electron chi connectivity index (χ0n) is 13.9. The lowest BCUT2D eigenvalue weighted by atomic mass is 10.1. The Morgan fingerprint density at radius 2 is 1.70 bits per heavy atom. The Morgan fingerprint density at radius 3 is 2.48 bits per heavy atom. The molecule has 0 aliphatic heterocycles. The van der Waals surface area contributed by atoms with Crippen molar-refractivity contribution in [1.29, 1.82) is 0 Å². The molecule has 134 valence electrons. The summed E-state index contributed by atoms with van der Waals surface area (Å²) < 4.78 is 39.0. The fourth-order valence-corrected chi connectivity index (χ4v) is 2.71. The summed E-state index contributed by atoms with van der Waals surface area (Å²) in [6, 6.07) is 15.9. The molecule has 7 heteroatoms. The molecule has 0 bridgehead atoms. The van der Waals surface area contributed by atoms with E-state index in [1.54, 1.807) is 24.5 Å². The molecule has 2 heterocycles. The summed E-state index contributed by atoms with van der Waals surface area (Å²) in [6.07, 6.45) is -1.13. The number of anilines is 2. The van der Waals surface area contributed by atoms with Gasteiger partial charge in [-0.3, -0.25) is 4.98 Å². The number of alkyl halides is 3. The van der Waals surface area contributed by atoms with Gasteiger partial charge in [-0.25, -0.2) is 9.97 Å². The predicted octanol–water partition coefficient (Wildman–Crippen LogP) is 5.45. The molecule has 0 spiro atoms. The van der Waals surface area contributed by atoms with Crippen LogP contribution >= 0.6 is 0 Å². The van der Waals surface area contributed by atoms with Gasteiger partial charge in [-0.05, 0) is 42.5 Å². The maximum absolute atomic E-state index is 13.0. The molecule has 2 aromatic heterocycles. The molecule has 4 rings (SSSR count). The third-order valence-corrected chi connectivity index (χ3v) is 3.98. The minimum absolute atomic E-state index is 0.297. The highest BCUT2D eigenvalue weighted by molar-refractivity contribution is 5.92. The fourth-order valence-electron chi connectivity index (χ4n) is 2.71. The van der Waals surface area contributed by atoms with Gasteiger partial charge in [0.05, 0.1) is 11.1 Å². The molecule has 0 fully saturated rings. The second kappa shape index (κ2) is 6.68. The van der Waals surface area contributed by atoms with E-state index in [0.717, 1.165) is 17.7 Å². The van der Waals surface area contributed by atoms with Crippen LogP contribution in [0.25, 0.3) is 22.3 Å². The average Bonchev–Trinajstić information content (AvgIpc) is 2.68. The van der Waals surface area contributed by atoms with Crippen molar-refractivity contribution in [2.24, 2.45) is 0 Å². The van der Waals surface area contributed by atoms with E-state index in [1.165, 1.54) is 6.07 Å². The van der Waals surface area contributed by atoms with E-state index >= 15 is 0 Å². The van der Waals surface area contributed by atoms with Crippen LogP contribution in [0.15, 0.2) is 73.1 Å². The molecule has 0 amide bonds. The molecule has 0 saturated carbocycles. The Bertz CT molecular complexity index is 1100. The molecule has 4 aromatic rings. The van der Waals surface area contributed by atoms with Gasteiger partial charge in [0.15, 0.2) is 5.82 Å². The molecule has 2 aromatic carbocycles. The molecule has 0 saturated heterocycles. The van der Waals surface area contributed by atoms with E-state index in [-0.39, 0.29) is 0 Å². The first-order chi connectivity index (χ1) is 13.0. The summed E-state index contributed by atoms with van der Waals surface area (Å²) in [5.74, 6) is 0.870. The summed E-state index contributed by atoms with van der Waals surface area (Å²) >= 11 is 0. The molecule has 27 heavy (non-hydrogen) atoms. The summed E-state index contributed by atoms with van der Waals surface area (Å²) in [5, 5.41) is 3.71. The molecule has 0 atom stereocenters. The van der Waals surface area contributed by atoms with E-state index < -0.39 is 11.7 Å². The number of pyridine rings is 1. The van der Waals surface area contributed by atoms with Crippen molar-refractivity contribution in [2.75, 3.05) is 5.32 Å². The number of fused-ring (bicyclic) bond motifs is 1. The second-order valence-corrected chi connectivity index (χ2v) is 5.86. The van der Waals surface area contributed by atoms with Gasteiger partial charge in [0, 0.05) is 29.0 Å². The van der Waals surface area contributed by atoms with Crippen LogP contribution in [0.2, 0.25) is 0 Å². The minimum Gasteiger partial charge on any atom is -0.340 e. The zero-order valence-corrected chi connectivity index (χ0v) is 13.9. The fraction of sp³-hybridized carbons (Fsp3) is 0.0500. The summed E-state index contributed by atoms with van der Waals surface area (Å²) in [5.41, 5.74) is 0.973.